The normalized spacial score (nSPS) is 17.0. The lowest BCUT2D eigenvalue weighted by molar-refractivity contribution is 0.332. The summed E-state index contributed by atoms with van der Waals surface area (Å²) in [6.07, 6.45) is 11.3. The van der Waals surface area contributed by atoms with Gasteiger partial charge in [0, 0.05) is 0 Å². The molecule has 0 aromatic heterocycles. The van der Waals surface area contributed by atoms with Crippen LogP contribution in [-0.2, 0) is 6.42 Å². The molecule has 2 rings (SSSR count). The van der Waals surface area contributed by atoms with Crippen molar-refractivity contribution in [3.05, 3.63) is 29.8 Å². The minimum absolute atomic E-state index is 0.959. The average Bonchev–Trinajstić information content (AvgIpc) is 2.41. The van der Waals surface area contributed by atoms with Crippen molar-refractivity contribution in [2.45, 2.75) is 51.4 Å². The van der Waals surface area contributed by atoms with Crippen molar-refractivity contribution >= 4 is 0 Å². The molecule has 0 saturated heterocycles. The van der Waals surface area contributed by atoms with Gasteiger partial charge in [-0.25, -0.2) is 0 Å². The Balaban J connectivity index is 1.69. The molecule has 0 heterocycles. The molecule has 1 aromatic rings. The quantitative estimate of drug-likeness (QED) is 0.721. The van der Waals surface area contributed by atoms with Crippen LogP contribution in [0.15, 0.2) is 24.3 Å². The van der Waals surface area contributed by atoms with Crippen molar-refractivity contribution in [2.75, 3.05) is 7.11 Å². The van der Waals surface area contributed by atoms with Crippen LogP contribution in [0.2, 0.25) is 0 Å². The van der Waals surface area contributed by atoms with E-state index in [1.807, 2.05) is 0 Å². The largest absolute Gasteiger partial charge is 0.497 e. The number of hydrogen-bond acceptors (Lipinski definition) is 1. The van der Waals surface area contributed by atoms with Gasteiger partial charge >= 0.3 is 0 Å². The second-order valence-electron chi connectivity index (χ2n) is 5.24. The summed E-state index contributed by atoms with van der Waals surface area (Å²) in [5, 5.41) is 0. The van der Waals surface area contributed by atoms with Crippen LogP contribution in [-0.4, -0.2) is 7.11 Å². The lowest BCUT2D eigenvalue weighted by atomic mass is 9.85. The molecule has 0 N–H and O–H groups in total. The van der Waals surface area contributed by atoms with Gasteiger partial charge in [-0.3, -0.25) is 0 Å². The fourth-order valence-corrected chi connectivity index (χ4v) is 2.86. The van der Waals surface area contributed by atoms with Crippen molar-refractivity contribution in [2.24, 2.45) is 5.92 Å². The summed E-state index contributed by atoms with van der Waals surface area (Å²) in [5.74, 6) is 1.98. The number of ether oxygens (including phenoxy) is 1. The smallest absolute Gasteiger partial charge is 0.118 e. The number of hydrogen-bond donors (Lipinski definition) is 0. The van der Waals surface area contributed by atoms with E-state index < -0.39 is 0 Å². The maximum Gasteiger partial charge on any atom is 0.118 e. The molecule has 0 aliphatic heterocycles. The molecule has 1 aliphatic rings. The third-order valence-electron chi connectivity index (χ3n) is 3.96. The van der Waals surface area contributed by atoms with Crippen molar-refractivity contribution in [3.63, 3.8) is 0 Å². The SMILES string of the molecule is COc1ccc(CCCC2CCCCC2)cc1. The molecule has 1 heteroatoms. The van der Waals surface area contributed by atoms with Crippen LogP contribution in [0.1, 0.15) is 50.5 Å². The van der Waals surface area contributed by atoms with Crippen LogP contribution < -0.4 is 4.74 Å². The van der Waals surface area contributed by atoms with Crippen LogP contribution in [0, 0.1) is 5.92 Å². The number of benzene rings is 1. The maximum atomic E-state index is 5.17. The number of methoxy groups -OCH3 is 1. The zero-order valence-electron chi connectivity index (χ0n) is 11.0. The van der Waals surface area contributed by atoms with Crippen LogP contribution in [0.25, 0.3) is 0 Å². The molecule has 1 fully saturated rings. The Morgan fingerprint density at radius 2 is 1.76 bits per heavy atom. The highest BCUT2D eigenvalue weighted by atomic mass is 16.5. The van der Waals surface area contributed by atoms with Gasteiger partial charge in [0.25, 0.3) is 0 Å². The van der Waals surface area contributed by atoms with E-state index >= 15 is 0 Å². The summed E-state index contributed by atoms with van der Waals surface area (Å²) >= 11 is 0. The standard InChI is InChI=1S/C16H24O/c1-17-16-12-10-15(11-13-16)9-5-8-14-6-3-2-4-7-14/h10-14H,2-9H2,1H3. The maximum absolute atomic E-state index is 5.17. The van der Waals surface area contributed by atoms with Gasteiger partial charge in [0.15, 0.2) is 0 Å². The number of aryl methyl sites for hydroxylation is 1. The molecule has 1 saturated carbocycles. The summed E-state index contributed by atoms with van der Waals surface area (Å²) in [5.41, 5.74) is 1.45. The van der Waals surface area contributed by atoms with E-state index in [1.54, 1.807) is 7.11 Å². The molecular formula is C16H24O. The Morgan fingerprint density at radius 3 is 2.41 bits per heavy atom. The highest BCUT2D eigenvalue weighted by Gasteiger charge is 2.12. The average molecular weight is 232 g/mol. The molecule has 0 radical (unpaired) electrons. The molecule has 1 nitrogen and oxygen atoms in total. The Morgan fingerprint density at radius 1 is 1.06 bits per heavy atom. The van der Waals surface area contributed by atoms with E-state index in [0.717, 1.165) is 11.7 Å². The van der Waals surface area contributed by atoms with Crippen LogP contribution in [0.3, 0.4) is 0 Å². The topological polar surface area (TPSA) is 9.23 Å². The Bertz CT molecular complexity index is 309. The molecular weight excluding hydrogens is 208 g/mol. The zero-order valence-corrected chi connectivity index (χ0v) is 11.0. The van der Waals surface area contributed by atoms with E-state index in [4.69, 9.17) is 4.74 Å². The first-order valence-corrected chi connectivity index (χ1v) is 7.01. The first-order valence-electron chi connectivity index (χ1n) is 7.01. The minimum Gasteiger partial charge on any atom is -0.497 e. The Hall–Kier alpha value is -0.980. The lowest BCUT2D eigenvalue weighted by Crippen LogP contribution is -2.06. The molecule has 0 atom stereocenters. The Labute approximate surface area is 105 Å². The van der Waals surface area contributed by atoms with Gasteiger partial charge < -0.3 is 4.74 Å². The van der Waals surface area contributed by atoms with E-state index in [0.29, 0.717) is 0 Å². The molecule has 17 heavy (non-hydrogen) atoms. The molecule has 0 spiro atoms. The summed E-state index contributed by atoms with van der Waals surface area (Å²) in [4.78, 5) is 0. The van der Waals surface area contributed by atoms with Crippen molar-refractivity contribution < 1.29 is 4.74 Å². The van der Waals surface area contributed by atoms with Gasteiger partial charge in [0.05, 0.1) is 7.11 Å². The van der Waals surface area contributed by atoms with Gasteiger partial charge in [0.2, 0.25) is 0 Å². The van der Waals surface area contributed by atoms with E-state index in [2.05, 4.69) is 24.3 Å². The van der Waals surface area contributed by atoms with Crippen LogP contribution >= 0.6 is 0 Å². The van der Waals surface area contributed by atoms with Crippen LogP contribution in [0.5, 0.6) is 5.75 Å². The minimum atomic E-state index is 0.959. The fourth-order valence-electron chi connectivity index (χ4n) is 2.86. The predicted molar refractivity (Wildman–Crippen MR) is 72.5 cm³/mol. The first kappa shape index (κ1) is 12.5. The molecule has 0 bridgehead atoms. The van der Waals surface area contributed by atoms with Crippen molar-refractivity contribution in [1.82, 2.24) is 0 Å². The summed E-state index contributed by atoms with van der Waals surface area (Å²) < 4.78 is 5.17. The van der Waals surface area contributed by atoms with Crippen molar-refractivity contribution in [1.29, 1.82) is 0 Å². The third-order valence-corrected chi connectivity index (χ3v) is 3.96. The van der Waals surface area contributed by atoms with Crippen LogP contribution in [0.4, 0.5) is 0 Å². The highest BCUT2D eigenvalue weighted by molar-refractivity contribution is 5.27. The lowest BCUT2D eigenvalue weighted by Gasteiger charge is -2.21. The van der Waals surface area contributed by atoms with E-state index in [1.165, 1.54) is 56.9 Å². The highest BCUT2D eigenvalue weighted by Crippen LogP contribution is 2.27. The third kappa shape index (κ3) is 4.07. The molecule has 0 amide bonds. The van der Waals surface area contributed by atoms with Gasteiger partial charge in [-0.2, -0.15) is 0 Å². The molecule has 94 valence electrons. The fraction of sp³-hybridized carbons (Fsp3) is 0.625. The van der Waals surface area contributed by atoms with Gasteiger partial charge in [-0.15, -0.1) is 0 Å². The van der Waals surface area contributed by atoms with Gasteiger partial charge in [-0.1, -0.05) is 50.7 Å². The van der Waals surface area contributed by atoms with E-state index in [9.17, 15) is 0 Å². The zero-order chi connectivity index (χ0) is 11.9. The second kappa shape index (κ2) is 6.68. The number of rotatable bonds is 5. The van der Waals surface area contributed by atoms with Crippen molar-refractivity contribution in [3.8, 4) is 5.75 Å². The second-order valence-corrected chi connectivity index (χ2v) is 5.24. The summed E-state index contributed by atoms with van der Waals surface area (Å²) in [6, 6.07) is 8.52. The Kier molecular flexibility index (Phi) is 4.90. The van der Waals surface area contributed by atoms with Gasteiger partial charge in [0.1, 0.15) is 5.75 Å². The predicted octanol–water partition coefficient (Wildman–Crippen LogP) is 4.60. The molecule has 1 aliphatic carbocycles. The first-order chi connectivity index (χ1) is 8.38. The molecule has 0 unspecified atom stereocenters. The summed E-state index contributed by atoms with van der Waals surface area (Å²) in [7, 11) is 1.72. The summed E-state index contributed by atoms with van der Waals surface area (Å²) in [6.45, 7) is 0. The van der Waals surface area contributed by atoms with E-state index in [-0.39, 0.29) is 0 Å². The monoisotopic (exact) mass is 232 g/mol. The van der Waals surface area contributed by atoms with Gasteiger partial charge in [-0.05, 0) is 36.5 Å². The molecule has 1 aromatic carbocycles.